The molecular formula is C18H22FN3O5. The Labute approximate surface area is 156 Å². The van der Waals surface area contributed by atoms with Crippen LogP contribution < -0.4 is 15.5 Å². The lowest BCUT2D eigenvalue weighted by Gasteiger charge is -2.17. The van der Waals surface area contributed by atoms with Gasteiger partial charge in [-0.1, -0.05) is 26.0 Å². The molecule has 4 amide bonds. The first-order chi connectivity index (χ1) is 12.8. The Bertz CT molecular complexity index is 737. The van der Waals surface area contributed by atoms with Crippen LogP contribution in [0.5, 0.6) is 0 Å². The van der Waals surface area contributed by atoms with Crippen molar-refractivity contribution in [2.45, 2.75) is 20.3 Å². The number of carbonyl (C=O) groups excluding carboxylic acids is 4. The highest BCUT2D eigenvalue weighted by atomic mass is 19.1. The van der Waals surface area contributed by atoms with Crippen molar-refractivity contribution in [2.24, 2.45) is 11.8 Å². The lowest BCUT2D eigenvalue weighted by atomic mass is 10.1. The van der Waals surface area contributed by atoms with Crippen LogP contribution in [0.25, 0.3) is 0 Å². The Hall–Kier alpha value is -2.97. The van der Waals surface area contributed by atoms with Crippen LogP contribution in [0, 0.1) is 17.7 Å². The van der Waals surface area contributed by atoms with Gasteiger partial charge >= 0.3 is 12.0 Å². The summed E-state index contributed by atoms with van der Waals surface area (Å²) in [5, 5.41) is 4.53. The third-order valence-electron chi connectivity index (χ3n) is 3.87. The molecule has 8 nitrogen and oxygen atoms in total. The molecule has 2 N–H and O–H groups in total. The highest BCUT2D eigenvalue weighted by molar-refractivity contribution is 6.00. The first kappa shape index (κ1) is 20.3. The van der Waals surface area contributed by atoms with Crippen molar-refractivity contribution >= 4 is 29.5 Å². The summed E-state index contributed by atoms with van der Waals surface area (Å²) in [4.78, 5) is 48.4. The molecule has 1 aromatic carbocycles. The minimum Gasteiger partial charge on any atom is -0.455 e. The van der Waals surface area contributed by atoms with E-state index in [-0.39, 0.29) is 24.6 Å². The van der Waals surface area contributed by atoms with Gasteiger partial charge in [-0.05, 0) is 18.1 Å². The number of ether oxygens (including phenoxy) is 1. The largest absolute Gasteiger partial charge is 0.455 e. The number of esters is 1. The molecule has 9 heteroatoms. The maximum absolute atomic E-state index is 13.8. The van der Waals surface area contributed by atoms with Gasteiger partial charge in [0.05, 0.1) is 11.6 Å². The minimum absolute atomic E-state index is 0.0326. The van der Waals surface area contributed by atoms with Crippen molar-refractivity contribution in [3.8, 4) is 0 Å². The fraction of sp³-hybridized carbons (Fsp3) is 0.444. The number of nitrogens with zero attached hydrogens (tertiary/aromatic N) is 1. The summed E-state index contributed by atoms with van der Waals surface area (Å²) in [5.41, 5.74) is 0.0948. The van der Waals surface area contributed by atoms with Crippen LogP contribution in [0.1, 0.15) is 20.3 Å². The number of imide groups is 1. The number of nitrogens with one attached hydrogen (secondary N) is 2. The molecule has 0 aliphatic carbocycles. The Balaban J connectivity index is 1.81. The maximum atomic E-state index is 13.8. The van der Waals surface area contributed by atoms with Gasteiger partial charge in [-0.3, -0.25) is 19.7 Å². The van der Waals surface area contributed by atoms with Gasteiger partial charge in [0.2, 0.25) is 5.91 Å². The van der Waals surface area contributed by atoms with E-state index in [0.717, 1.165) is 0 Å². The van der Waals surface area contributed by atoms with Crippen LogP contribution in [-0.2, 0) is 19.1 Å². The molecular weight excluding hydrogens is 357 g/mol. The van der Waals surface area contributed by atoms with E-state index in [1.807, 2.05) is 19.2 Å². The van der Waals surface area contributed by atoms with E-state index < -0.39 is 42.2 Å². The molecule has 0 radical (unpaired) electrons. The molecule has 146 valence electrons. The molecule has 2 rings (SSSR count). The van der Waals surface area contributed by atoms with Crippen molar-refractivity contribution in [1.82, 2.24) is 10.6 Å². The van der Waals surface area contributed by atoms with Gasteiger partial charge in [0.25, 0.3) is 5.91 Å². The lowest BCUT2D eigenvalue weighted by Crippen LogP contribution is -2.42. The zero-order chi connectivity index (χ0) is 20.0. The average Bonchev–Trinajstić information content (AvgIpc) is 3.00. The van der Waals surface area contributed by atoms with Gasteiger partial charge in [0.1, 0.15) is 5.82 Å². The number of para-hydroxylation sites is 1. The van der Waals surface area contributed by atoms with Crippen molar-refractivity contribution in [1.29, 1.82) is 0 Å². The van der Waals surface area contributed by atoms with Crippen LogP contribution in [0.3, 0.4) is 0 Å². The van der Waals surface area contributed by atoms with E-state index >= 15 is 0 Å². The average molecular weight is 379 g/mol. The summed E-state index contributed by atoms with van der Waals surface area (Å²) in [6.07, 6.45) is -0.135. The molecule has 1 fully saturated rings. The van der Waals surface area contributed by atoms with E-state index in [0.29, 0.717) is 6.54 Å². The molecule has 0 unspecified atom stereocenters. The van der Waals surface area contributed by atoms with Crippen LogP contribution in [0.15, 0.2) is 24.3 Å². The van der Waals surface area contributed by atoms with Gasteiger partial charge < -0.3 is 15.0 Å². The second-order valence-corrected chi connectivity index (χ2v) is 6.62. The van der Waals surface area contributed by atoms with Gasteiger partial charge in [-0.15, -0.1) is 0 Å². The molecule has 1 aliphatic heterocycles. The fourth-order valence-electron chi connectivity index (χ4n) is 2.53. The van der Waals surface area contributed by atoms with Crippen LogP contribution in [-0.4, -0.2) is 43.5 Å². The van der Waals surface area contributed by atoms with Crippen LogP contribution in [0.2, 0.25) is 0 Å². The second-order valence-electron chi connectivity index (χ2n) is 6.62. The minimum atomic E-state index is -0.806. The lowest BCUT2D eigenvalue weighted by molar-refractivity contribution is -0.152. The predicted molar refractivity (Wildman–Crippen MR) is 94.2 cm³/mol. The predicted octanol–water partition coefficient (Wildman–Crippen LogP) is 1.20. The van der Waals surface area contributed by atoms with E-state index in [1.54, 1.807) is 6.07 Å². The zero-order valence-corrected chi connectivity index (χ0v) is 15.2. The first-order valence-corrected chi connectivity index (χ1v) is 8.57. The fourth-order valence-corrected chi connectivity index (χ4v) is 2.53. The molecule has 1 saturated heterocycles. The zero-order valence-electron chi connectivity index (χ0n) is 15.2. The van der Waals surface area contributed by atoms with Gasteiger partial charge in [0, 0.05) is 19.5 Å². The summed E-state index contributed by atoms with van der Waals surface area (Å²) >= 11 is 0. The van der Waals surface area contributed by atoms with Crippen LogP contribution >= 0.6 is 0 Å². The second kappa shape index (κ2) is 9.11. The van der Waals surface area contributed by atoms with Crippen molar-refractivity contribution < 1.29 is 28.3 Å². The van der Waals surface area contributed by atoms with Gasteiger partial charge in [-0.25, -0.2) is 9.18 Å². The molecule has 1 aromatic rings. The van der Waals surface area contributed by atoms with Crippen molar-refractivity contribution in [2.75, 3.05) is 24.6 Å². The number of urea groups is 1. The van der Waals surface area contributed by atoms with Crippen molar-refractivity contribution in [3.05, 3.63) is 30.1 Å². The normalized spacial score (nSPS) is 16.4. The monoisotopic (exact) mass is 379 g/mol. The molecule has 0 spiro atoms. The molecule has 0 saturated carbocycles. The Morgan fingerprint density at radius 1 is 1.30 bits per heavy atom. The van der Waals surface area contributed by atoms with Gasteiger partial charge in [-0.2, -0.15) is 0 Å². The highest BCUT2D eigenvalue weighted by Crippen LogP contribution is 2.27. The number of amides is 4. The number of rotatable bonds is 6. The Morgan fingerprint density at radius 2 is 2.00 bits per heavy atom. The third kappa shape index (κ3) is 5.77. The molecule has 0 bridgehead atoms. The van der Waals surface area contributed by atoms with E-state index in [4.69, 9.17) is 4.74 Å². The maximum Gasteiger partial charge on any atom is 0.321 e. The van der Waals surface area contributed by atoms with Gasteiger partial charge in [0.15, 0.2) is 6.61 Å². The number of carbonyl (C=O) groups is 4. The van der Waals surface area contributed by atoms with Crippen molar-refractivity contribution in [3.63, 3.8) is 0 Å². The summed E-state index contributed by atoms with van der Waals surface area (Å²) in [7, 11) is 0. The third-order valence-corrected chi connectivity index (χ3v) is 3.87. The number of benzene rings is 1. The van der Waals surface area contributed by atoms with Crippen LogP contribution in [0.4, 0.5) is 14.9 Å². The molecule has 1 heterocycles. The van der Waals surface area contributed by atoms with E-state index in [9.17, 15) is 23.6 Å². The topological polar surface area (TPSA) is 105 Å². The summed E-state index contributed by atoms with van der Waals surface area (Å²) in [6.45, 7) is 3.52. The molecule has 27 heavy (non-hydrogen) atoms. The smallest absolute Gasteiger partial charge is 0.321 e. The molecule has 0 aromatic heterocycles. The summed E-state index contributed by atoms with van der Waals surface area (Å²) in [5.74, 6) is -3.08. The Morgan fingerprint density at radius 3 is 2.67 bits per heavy atom. The number of halogens is 1. The summed E-state index contributed by atoms with van der Waals surface area (Å²) in [6, 6.07) is 5.09. The molecule has 1 atom stereocenters. The Kier molecular flexibility index (Phi) is 6.86. The highest BCUT2D eigenvalue weighted by Gasteiger charge is 2.37. The standard InChI is InChI=1S/C18H22FN3O5/c1-11(2)8-20-18(26)21-15(23)10-27-17(25)12-7-16(24)22(9-12)14-6-4-3-5-13(14)19/h3-6,11-12H,7-10H2,1-2H3,(H2,20,21,23,26)/t12-/m0/s1. The van der Waals surface area contributed by atoms with E-state index in [2.05, 4.69) is 5.32 Å². The number of hydrogen-bond donors (Lipinski definition) is 2. The quantitative estimate of drug-likeness (QED) is 0.723. The SMILES string of the molecule is CC(C)CNC(=O)NC(=O)COC(=O)[C@H]1CC(=O)N(c2ccccc2F)C1. The van der Waals surface area contributed by atoms with E-state index in [1.165, 1.54) is 23.1 Å². The number of anilines is 1. The summed E-state index contributed by atoms with van der Waals surface area (Å²) < 4.78 is 18.7. The molecule has 1 aliphatic rings. The number of hydrogen-bond acceptors (Lipinski definition) is 5. The first-order valence-electron chi connectivity index (χ1n) is 8.57.